The number of fused-ring (bicyclic) bond motifs is 1. The first-order valence-corrected chi connectivity index (χ1v) is 8.99. The maximum Gasteiger partial charge on any atom is 0.280 e. The molecule has 29 heavy (non-hydrogen) atoms. The molecule has 0 amide bonds. The van der Waals surface area contributed by atoms with Crippen molar-refractivity contribution in [3.63, 3.8) is 0 Å². The highest BCUT2D eigenvalue weighted by Gasteiger charge is 2.28. The second kappa shape index (κ2) is 7.10. The second-order valence-electron chi connectivity index (χ2n) is 6.58. The smallest absolute Gasteiger partial charge is 0.280 e. The Hall–Kier alpha value is -3.59. The largest absolute Gasteiger partial charge is 0.497 e. The molecule has 0 radical (unpaired) electrons. The molecule has 8 nitrogen and oxygen atoms in total. The van der Waals surface area contributed by atoms with Crippen molar-refractivity contribution >= 4 is 0 Å². The summed E-state index contributed by atoms with van der Waals surface area (Å²) in [5.74, 6) is 0.903. The van der Waals surface area contributed by atoms with Gasteiger partial charge in [-0.25, -0.2) is 9.07 Å². The van der Waals surface area contributed by atoms with Gasteiger partial charge in [-0.1, -0.05) is 34.6 Å². The quantitative estimate of drug-likeness (QED) is 0.525. The van der Waals surface area contributed by atoms with E-state index in [0.717, 1.165) is 17.0 Å². The van der Waals surface area contributed by atoms with E-state index in [0.29, 0.717) is 24.4 Å². The minimum atomic E-state index is -0.369. The van der Waals surface area contributed by atoms with Gasteiger partial charge in [-0.15, -0.1) is 5.10 Å². The Kier molecular flexibility index (Phi) is 4.28. The first kappa shape index (κ1) is 17.5. The monoisotopic (exact) mass is 393 g/mol. The van der Waals surface area contributed by atoms with E-state index < -0.39 is 0 Å². The predicted octanol–water partition coefficient (Wildman–Crippen LogP) is 3.41. The van der Waals surface area contributed by atoms with Gasteiger partial charge < -0.3 is 14.0 Å². The van der Waals surface area contributed by atoms with Crippen molar-refractivity contribution in [3.8, 4) is 28.7 Å². The molecule has 0 fully saturated rings. The fourth-order valence-corrected chi connectivity index (χ4v) is 3.29. The molecule has 1 atom stereocenters. The molecule has 4 aromatic rings. The molecule has 0 bridgehead atoms. The van der Waals surface area contributed by atoms with Crippen LogP contribution in [0.25, 0.3) is 23.0 Å². The third-order valence-corrected chi connectivity index (χ3v) is 4.77. The summed E-state index contributed by atoms with van der Waals surface area (Å²) in [6, 6.07) is 13.7. The number of methoxy groups -OCH3 is 1. The van der Waals surface area contributed by atoms with Crippen molar-refractivity contribution < 1.29 is 18.4 Å². The van der Waals surface area contributed by atoms with Crippen molar-refractivity contribution in [3.05, 3.63) is 65.6 Å². The molecular weight excluding hydrogens is 377 g/mol. The maximum absolute atomic E-state index is 13.4. The van der Waals surface area contributed by atoms with Gasteiger partial charge in [0, 0.05) is 5.56 Å². The number of aromatic nitrogens is 5. The summed E-state index contributed by atoms with van der Waals surface area (Å²) in [5.41, 5.74) is 2.73. The molecular formula is C20H16FN5O3. The Morgan fingerprint density at radius 2 is 2.07 bits per heavy atom. The van der Waals surface area contributed by atoms with E-state index >= 15 is 0 Å². The van der Waals surface area contributed by atoms with E-state index in [1.54, 1.807) is 23.9 Å². The van der Waals surface area contributed by atoms with E-state index in [9.17, 15) is 4.39 Å². The Morgan fingerprint density at radius 1 is 1.17 bits per heavy atom. The molecule has 9 heteroatoms. The van der Waals surface area contributed by atoms with Crippen LogP contribution in [-0.2, 0) is 17.9 Å². The topological polar surface area (TPSA) is 88.1 Å². The van der Waals surface area contributed by atoms with Crippen LogP contribution in [0.15, 0.2) is 53.1 Å². The van der Waals surface area contributed by atoms with Crippen molar-refractivity contribution in [2.24, 2.45) is 0 Å². The lowest BCUT2D eigenvalue weighted by Crippen LogP contribution is -2.22. The van der Waals surface area contributed by atoms with Gasteiger partial charge in [-0.2, -0.15) is 4.98 Å². The summed E-state index contributed by atoms with van der Waals surface area (Å²) in [6.45, 7) is 0.794. The van der Waals surface area contributed by atoms with Crippen molar-refractivity contribution in [1.82, 2.24) is 25.1 Å². The van der Waals surface area contributed by atoms with Crippen LogP contribution < -0.4 is 4.74 Å². The summed E-state index contributed by atoms with van der Waals surface area (Å²) >= 11 is 0. The number of nitrogens with zero attached hydrogens (tertiary/aromatic N) is 5. The Labute approximate surface area is 164 Å². The molecule has 2 aromatic heterocycles. The van der Waals surface area contributed by atoms with E-state index in [-0.39, 0.29) is 23.6 Å². The van der Waals surface area contributed by atoms with Gasteiger partial charge in [0.15, 0.2) is 5.69 Å². The zero-order chi connectivity index (χ0) is 19.8. The zero-order valence-electron chi connectivity index (χ0n) is 15.4. The van der Waals surface area contributed by atoms with Gasteiger partial charge in [0.2, 0.25) is 5.82 Å². The van der Waals surface area contributed by atoms with Crippen molar-refractivity contribution in [2.75, 3.05) is 7.11 Å². The van der Waals surface area contributed by atoms with E-state index in [1.165, 1.54) is 12.1 Å². The molecule has 0 saturated heterocycles. The van der Waals surface area contributed by atoms with Gasteiger partial charge in [-0.3, -0.25) is 0 Å². The molecule has 0 aliphatic carbocycles. The van der Waals surface area contributed by atoms with Crippen LogP contribution in [0.3, 0.4) is 0 Å². The molecule has 0 unspecified atom stereocenters. The minimum absolute atomic E-state index is 0.169. The second-order valence-corrected chi connectivity index (χ2v) is 6.58. The summed E-state index contributed by atoms with van der Waals surface area (Å²) in [4.78, 5) is 4.34. The van der Waals surface area contributed by atoms with Crippen LogP contribution in [-0.4, -0.2) is 32.2 Å². The lowest BCUT2D eigenvalue weighted by Gasteiger charge is -2.24. The number of hydrogen-bond donors (Lipinski definition) is 0. The molecule has 1 aliphatic rings. The summed E-state index contributed by atoms with van der Waals surface area (Å²) in [7, 11) is 1.63. The van der Waals surface area contributed by atoms with E-state index in [4.69, 9.17) is 14.0 Å². The fourth-order valence-electron chi connectivity index (χ4n) is 3.29. The lowest BCUT2D eigenvalue weighted by atomic mass is 10.1. The SMILES string of the molecule is COc1cccc([C@@H]2Cn3nnc(-c4nc(-c5cccc(F)c5)no4)c3CO2)c1. The zero-order valence-corrected chi connectivity index (χ0v) is 15.4. The summed E-state index contributed by atoms with van der Waals surface area (Å²) in [5, 5.41) is 12.3. The lowest BCUT2D eigenvalue weighted by molar-refractivity contribution is -0.00127. The van der Waals surface area contributed by atoms with Gasteiger partial charge in [0.1, 0.15) is 17.7 Å². The third kappa shape index (κ3) is 3.25. The van der Waals surface area contributed by atoms with Gasteiger partial charge in [0.25, 0.3) is 5.89 Å². The number of benzene rings is 2. The first-order chi connectivity index (χ1) is 14.2. The Bertz CT molecular complexity index is 1170. The minimum Gasteiger partial charge on any atom is -0.497 e. The molecule has 0 N–H and O–H groups in total. The Balaban J connectivity index is 1.41. The number of rotatable bonds is 4. The van der Waals surface area contributed by atoms with Gasteiger partial charge in [-0.05, 0) is 29.8 Å². The van der Waals surface area contributed by atoms with Crippen LogP contribution in [0.4, 0.5) is 4.39 Å². The molecule has 0 saturated carbocycles. The number of halogens is 1. The third-order valence-electron chi connectivity index (χ3n) is 4.77. The molecule has 146 valence electrons. The van der Waals surface area contributed by atoms with Crippen LogP contribution in [0.1, 0.15) is 17.4 Å². The molecule has 5 rings (SSSR count). The number of hydrogen-bond acceptors (Lipinski definition) is 7. The van der Waals surface area contributed by atoms with Crippen LogP contribution in [0.5, 0.6) is 5.75 Å². The van der Waals surface area contributed by atoms with Crippen molar-refractivity contribution in [1.29, 1.82) is 0 Å². The van der Waals surface area contributed by atoms with E-state index in [1.807, 2.05) is 24.3 Å². The molecule has 3 heterocycles. The van der Waals surface area contributed by atoms with Crippen molar-refractivity contribution in [2.45, 2.75) is 19.3 Å². The molecule has 2 aromatic carbocycles. The highest BCUT2D eigenvalue weighted by atomic mass is 19.1. The summed E-state index contributed by atoms with van der Waals surface area (Å²) in [6.07, 6.45) is -0.169. The molecule has 0 spiro atoms. The standard InChI is InChI=1S/C20H16FN5O3/c1-27-15-7-3-4-12(9-15)17-10-26-16(11-28-17)18(23-25-26)20-22-19(24-29-20)13-5-2-6-14(21)8-13/h2-9,17H,10-11H2,1H3/t17-/m0/s1. The van der Waals surface area contributed by atoms with Crippen LogP contribution in [0.2, 0.25) is 0 Å². The fraction of sp³-hybridized carbons (Fsp3) is 0.200. The average molecular weight is 393 g/mol. The number of ether oxygens (including phenoxy) is 2. The van der Waals surface area contributed by atoms with E-state index in [2.05, 4.69) is 20.5 Å². The van der Waals surface area contributed by atoms with Gasteiger partial charge in [0.05, 0.1) is 26.0 Å². The maximum atomic E-state index is 13.4. The summed E-state index contributed by atoms with van der Waals surface area (Å²) < 4.78 is 31.9. The highest BCUT2D eigenvalue weighted by Crippen LogP contribution is 2.32. The molecule has 1 aliphatic heterocycles. The average Bonchev–Trinajstić information content (AvgIpc) is 3.40. The van der Waals surface area contributed by atoms with Crippen LogP contribution in [0, 0.1) is 5.82 Å². The Morgan fingerprint density at radius 3 is 2.93 bits per heavy atom. The van der Waals surface area contributed by atoms with Gasteiger partial charge >= 0.3 is 0 Å². The predicted molar refractivity (Wildman–Crippen MR) is 99.2 cm³/mol. The van der Waals surface area contributed by atoms with Crippen LogP contribution >= 0.6 is 0 Å². The first-order valence-electron chi connectivity index (χ1n) is 8.99. The normalized spacial score (nSPS) is 15.9. The highest BCUT2D eigenvalue weighted by molar-refractivity contribution is 5.58.